The fourth-order valence-electron chi connectivity index (χ4n) is 6.82. The number of carbonyl (C=O) groups excluding carboxylic acids is 2. The molecule has 2 aliphatic rings. The highest BCUT2D eigenvalue weighted by molar-refractivity contribution is 6.32. The Kier molecular flexibility index (Phi) is 6.64. The lowest BCUT2D eigenvalue weighted by Gasteiger charge is -2.31. The van der Waals surface area contributed by atoms with Crippen LogP contribution in [-0.4, -0.2) is 49.8 Å². The van der Waals surface area contributed by atoms with Crippen LogP contribution in [0.25, 0.3) is 21.9 Å². The number of carbonyl (C=O) groups is 3. The topological polar surface area (TPSA) is 146 Å². The van der Waals surface area contributed by atoms with Gasteiger partial charge in [0, 0.05) is 53.4 Å². The van der Waals surface area contributed by atoms with E-state index in [0.29, 0.717) is 28.3 Å². The number of rotatable bonds is 7. The summed E-state index contributed by atoms with van der Waals surface area (Å²) >= 11 is 6.33. The van der Waals surface area contributed by atoms with E-state index in [1.807, 2.05) is 30.3 Å². The molecule has 4 unspecified atom stereocenters. The summed E-state index contributed by atoms with van der Waals surface area (Å²) < 4.78 is 5.84. The van der Waals surface area contributed by atoms with Crippen LogP contribution in [0.4, 0.5) is 0 Å². The lowest BCUT2D eigenvalue weighted by atomic mass is 9.76. The van der Waals surface area contributed by atoms with Crippen LogP contribution in [0.2, 0.25) is 5.02 Å². The number of para-hydroxylation sites is 1. The number of aliphatic carboxylic acids is 1. The molecule has 44 heavy (non-hydrogen) atoms. The summed E-state index contributed by atoms with van der Waals surface area (Å²) in [7, 11) is 0. The number of nitrogens with zero attached hydrogens (tertiary/aromatic N) is 2. The van der Waals surface area contributed by atoms with E-state index in [-0.39, 0.29) is 23.9 Å². The zero-order valence-electron chi connectivity index (χ0n) is 23.5. The van der Waals surface area contributed by atoms with Crippen molar-refractivity contribution in [1.82, 2.24) is 20.2 Å². The number of hydrogen-bond acceptors (Lipinski definition) is 7. The van der Waals surface area contributed by atoms with Gasteiger partial charge in [-0.15, -0.1) is 0 Å². The molecule has 3 N–H and O–H groups in total. The number of aromatic nitrogens is 2. The lowest BCUT2D eigenvalue weighted by Crippen LogP contribution is -2.57. The summed E-state index contributed by atoms with van der Waals surface area (Å²) in [5.41, 5.74) is 0.885. The first-order chi connectivity index (χ1) is 21.2. The van der Waals surface area contributed by atoms with Gasteiger partial charge in [0.05, 0.1) is 35.1 Å². The second-order valence-corrected chi connectivity index (χ2v) is 11.9. The van der Waals surface area contributed by atoms with Crippen LogP contribution in [0.3, 0.4) is 0 Å². The Balaban J connectivity index is 1.36. The second kappa shape index (κ2) is 10.4. The number of aromatic amines is 1. The van der Waals surface area contributed by atoms with E-state index in [9.17, 15) is 24.3 Å². The van der Waals surface area contributed by atoms with E-state index in [0.717, 1.165) is 21.4 Å². The Morgan fingerprint density at radius 1 is 1.09 bits per heavy atom. The van der Waals surface area contributed by atoms with Gasteiger partial charge in [0.15, 0.2) is 5.43 Å². The summed E-state index contributed by atoms with van der Waals surface area (Å²) in [6.45, 7) is 1.81. The quantitative estimate of drug-likeness (QED) is 0.233. The molecule has 5 heterocycles. The summed E-state index contributed by atoms with van der Waals surface area (Å²) in [5.74, 6) is -4.88. The Labute approximate surface area is 255 Å². The average molecular weight is 611 g/mol. The van der Waals surface area contributed by atoms with Crippen LogP contribution in [0.1, 0.15) is 28.4 Å². The smallest absolute Gasteiger partial charge is 0.325 e. The Hall–Kier alpha value is -4.80. The number of carboxylic acid groups (broad SMARTS) is 1. The van der Waals surface area contributed by atoms with E-state index in [1.165, 1.54) is 12.3 Å². The molecule has 11 heteroatoms. The van der Waals surface area contributed by atoms with Gasteiger partial charge in [-0.2, -0.15) is 0 Å². The third-order valence-corrected chi connectivity index (χ3v) is 9.41. The van der Waals surface area contributed by atoms with E-state index >= 15 is 0 Å². The minimum absolute atomic E-state index is 0.0262. The maximum absolute atomic E-state index is 14.1. The molecule has 0 spiro atoms. The minimum atomic E-state index is -1.90. The Morgan fingerprint density at radius 2 is 1.89 bits per heavy atom. The molecule has 4 atom stereocenters. The highest BCUT2D eigenvalue weighted by Gasteiger charge is 2.68. The van der Waals surface area contributed by atoms with Crippen LogP contribution < -0.4 is 10.7 Å². The summed E-state index contributed by atoms with van der Waals surface area (Å²) in [5, 5.41) is 15.4. The van der Waals surface area contributed by atoms with Crippen molar-refractivity contribution in [1.29, 1.82) is 0 Å². The number of fused-ring (bicyclic) bond motifs is 3. The first kappa shape index (κ1) is 28.0. The van der Waals surface area contributed by atoms with E-state index < -0.39 is 46.6 Å². The third-order valence-electron chi connectivity index (χ3n) is 9.00. The first-order valence-electron chi connectivity index (χ1n) is 14.2. The molecule has 5 aromatic rings. The molecule has 2 aromatic carbocycles. The number of carboxylic acids is 1. The molecule has 10 nitrogen and oxygen atoms in total. The van der Waals surface area contributed by atoms with Gasteiger partial charge in [0.2, 0.25) is 11.8 Å². The molecule has 2 aliphatic heterocycles. The van der Waals surface area contributed by atoms with E-state index in [1.54, 1.807) is 37.5 Å². The lowest BCUT2D eigenvalue weighted by molar-refractivity contribution is -0.151. The van der Waals surface area contributed by atoms with Crippen molar-refractivity contribution in [2.45, 2.75) is 31.3 Å². The van der Waals surface area contributed by atoms with Crippen molar-refractivity contribution in [3.05, 3.63) is 111 Å². The number of halogens is 1. The normalized spacial score (nSPS) is 23.1. The number of pyridine rings is 1. The van der Waals surface area contributed by atoms with Crippen LogP contribution >= 0.6 is 11.6 Å². The molecule has 0 bridgehead atoms. The predicted molar refractivity (Wildman–Crippen MR) is 162 cm³/mol. The maximum atomic E-state index is 14.1. The van der Waals surface area contributed by atoms with Gasteiger partial charge in [0.25, 0.3) is 0 Å². The van der Waals surface area contributed by atoms with E-state index in [4.69, 9.17) is 16.0 Å². The van der Waals surface area contributed by atoms with Crippen molar-refractivity contribution in [3.63, 3.8) is 0 Å². The fraction of sp³-hybridized carbons (Fsp3) is 0.242. The number of aryl methyl sites for hydroxylation is 1. The summed E-state index contributed by atoms with van der Waals surface area (Å²) in [4.78, 5) is 64.0. The number of H-pyrrole nitrogens is 1. The molecular weight excluding hydrogens is 584 g/mol. The molecule has 222 valence electrons. The van der Waals surface area contributed by atoms with Gasteiger partial charge in [-0.25, -0.2) is 0 Å². The number of likely N-dealkylation sites (tertiary alicyclic amines) is 1. The highest BCUT2D eigenvalue weighted by atomic mass is 35.5. The van der Waals surface area contributed by atoms with Gasteiger partial charge >= 0.3 is 5.97 Å². The maximum Gasteiger partial charge on any atom is 0.325 e. The van der Waals surface area contributed by atoms with Crippen molar-refractivity contribution in [2.24, 2.45) is 11.8 Å². The fourth-order valence-corrected chi connectivity index (χ4v) is 6.98. The predicted octanol–water partition coefficient (Wildman–Crippen LogP) is 4.19. The number of imide groups is 1. The molecule has 0 radical (unpaired) electrons. The first-order valence-corrected chi connectivity index (χ1v) is 14.6. The molecule has 2 fully saturated rings. The van der Waals surface area contributed by atoms with Gasteiger partial charge in [-0.3, -0.25) is 34.4 Å². The SMILES string of the molecule is Cc1cc2occ(C3NC(Cc4c[nH]c5ccccc45)(C(=O)O)C4C(=O)N(CCc5ccccn5)C(=O)C34)c(=O)c2cc1Cl. The van der Waals surface area contributed by atoms with E-state index in [2.05, 4.69) is 15.3 Å². The second-order valence-electron chi connectivity index (χ2n) is 11.5. The molecular formula is C33H27ClN4O6. The van der Waals surface area contributed by atoms with Crippen molar-refractivity contribution in [2.75, 3.05) is 6.54 Å². The monoisotopic (exact) mass is 610 g/mol. The van der Waals surface area contributed by atoms with Crippen LogP contribution in [0.5, 0.6) is 0 Å². The number of amides is 2. The Morgan fingerprint density at radius 3 is 2.66 bits per heavy atom. The third kappa shape index (κ3) is 4.24. The molecule has 2 amide bonds. The number of nitrogens with one attached hydrogen (secondary N) is 2. The van der Waals surface area contributed by atoms with Gasteiger partial charge in [0.1, 0.15) is 11.1 Å². The molecule has 2 saturated heterocycles. The molecule has 3 aromatic heterocycles. The summed E-state index contributed by atoms with van der Waals surface area (Å²) in [6, 6.07) is 14.9. The van der Waals surface area contributed by atoms with Gasteiger partial charge in [-0.05, 0) is 48.4 Å². The molecule has 0 aliphatic carbocycles. The van der Waals surface area contributed by atoms with Crippen LogP contribution in [0, 0.1) is 18.8 Å². The average Bonchev–Trinajstić information content (AvgIpc) is 3.66. The molecule has 0 saturated carbocycles. The van der Waals surface area contributed by atoms with Gasteiger partial charge in [-0.1, -0.05) is 35.9 Å². The highest BCUT2D eigenvalue weighted by Crippen LogP contribution is 2.50. The van der Waals surface area contributed by atoms with Crippen molar-refractivity contribution >= 4 is 51.3 Å². The minimum Gasteiger partial charge on any atom is -0.480 e. The van der Waals surface area contributed by atoms with Crippen LogP contribution in [-0.2, 0) is 27.2 Å². The van der Waals surface area contributed by atoms with Crippen molar-refractivity contribution < 1.29 is 23.9 Å². The molecule has 7 rings (SSSR count). The standard InChI is InChI=1S/C33H27ClN4O6/c1-17-12-25-21(13-23(17)34)29(39)22(16-44-25)28-26-27(31(41)38(30(26)40)11-9-19-6-4-5-10-35-19)33(37-28,32(42)43)14-18-15-36-24-8-3-2-7-20(18)24/h2-8,10,12-13,15-16,26-28,36-37H,9,11,14H2,1H3,(H,42,43). The van der Waals surface area contributed by atoms with Crippen molar-refractivity contribution in [3.8, 4) is 0 Å². The largest absolute Gasteiger partial charge is 0.480 e. The summed E-state index contributed by atoms with van der Waals surface area (Å²) in [6.07, 6.45) is 4.79. The number of hydrogen-bond donors (Lipinski definition) is 3. The van der Waals surface area contributed by atoms with Crippen LogP contribution in [0.15, 0.2) is 82.5 Å². The van der Waals surface area contributed by atoms with Gasteiger partial charge < -0.3 is 14.5 Å². The zero-order valence-corrected chi connectivity index (χ0v) is 24.3. The number of benzene rings is 2. The zero-order chi connectivity index (χ0) is 30.7. The Bertz CT molecular complexity index is 2040.